The van der Waals surface area contributed by atoms with E-state index in [-0.39, 0.29) is 18.5 Å². The molecule has 0 aliphatic rings. The van der Waals surface area contributed by atoms with Crippen LogP contribution >= 0.6 is 0 Å². The van der Waals surface area contributed by atoms with Crippen LogP contribution in [-0.4, -0.2) is 47.4 Å². The maximum Gasteiger partial charge on any atom is 0.305 e. The van der Waals surface area contributed by atoms with Gasteiger partial charge in [-0.05, 0) is 64.2 Å². The first-order valence-corrected chi connectivity index (χ1v) is 28.6. The molecule has 6 heteroatoms. The van der Waals surface area contributed by atoms with Gasteiger partial charge in [0.25, 0.3) is 0 Å². The molecule has 0 saturated carbocycles. The molecule has 0 spiro atoms. The number of nitrogens with one attached hydrogen (secondary N) is 1. The number of esters is 1. The van der Waals surface area contributed by atoms with E-state index in [9.17, 15) is 19.8 Å². The van der Waals surface area contributed by atoms with Crippen LogP contribution in [0, 0.1) is 0 Å². The van der Waals surface area contributed by atoms with E-state index in [1.165, 1.54) is 193 Å². The van der Waals surface area contributed by atoms with E-state index in [1.54, 1.807) is 0 Å². The number of ether oxygens (including phenoxy) is 1. The Balaban J connectivity index is 3.47. The normalized spacial score (nSPS) is 12.8. The SMILES string of the molecule is CCCCCCCCCCCCCCCCCCCC(=O)OCCCCC/C=C\C/C=C\CCCCCCCCCC(=O)NC(CO)C(O)CCCCCCCCCCCCCCC. The lowest BCUT2D eigenvalue weighted by Crippen LogP contribution is -2.45. The minimum absolute atomic E-state index is 0.0114. The topological polar surface area (TPSA) is 95.9 Å². The quantitative estimate of drug-likeness (QED) is 0.0321. The van der Waals surface area contributed by atoms with Gasteiger partial charge in [0.2, 0.25) is 5.91 Å². The number of unbranched alkanes of at least 4 members (excludes halogenated alkanes) is 38. The molecule has 0 aliphatic heterocycles. The molecule has 64 heavy (non-hydrogen) atoms. The molecule has 0 aromatic heterocycles. The van der Waals surface area contributed by atoms with Crippen molar-refractivity contribution in [3.8, 4) is 0 Å². The maximum atomic E-state index is 12.4. The second-order valence-corrected chi connectivity index (χ2v) is 19.6. The first kappa shape index (κ1) is 62.3. The van der Waals surface area contributed by atoms with Crippen LogP contribution in [0.5, 0.6) is 0 Å². The van der Waals surface area contributed by atoms with Crippen LogP contribution in [0.4, 0.5) is 0 Å². The first-order chi connectivity index (χ1) is 31.5. The van der Waals surface area contributed by atoms with Crippen molar-refractivity contribution in [1.82, 2.24) is 5.32 Å². The predicted molar refractivity (Wildman–Crippen MR) is 278 cm³/mol. The van der Waals surface area contributed by atoms with Crippen molar-refractivity contribution in [2.75, 3.05) is 13.2 Å². The highest BCUT2D eigenvalue weighted by Gasteiger charge is 2.20. The predicted octanol–water partition coefficient (Wildman–Crippen LogP) is 17.5. The molecule has 378 valence electrons. The van der Waals surface area contributed by atoms with Gasteiger partial charge in [0, 0.05) is 12.8 Å². The second-order valence-electron chi connectivity index (χ2n) is 19.6. The zero-order valence-electron chi connectivity index (χ0n) is 43.0. The Morgan fingerprint density at radius 2 is 0.781 bits per heavy atom. The molecule has 0 aliphatic carbocycles. The summed E-state index contributed by atoms with van der Waals surface area (Å²) in [5.74, 6) is -0.0620. The van der Waals surface area contributed by atoms with Gasteiger partial charge in [0.1, 0.15) is 0 Å². The van der Waals surface area contributed by atoms with E-state index in [2.05, 4.69) is 43.5 Å². The maximum absolute atomic E-state index is 12.4. The molecule has 3 N–H and O–H groups in total. The number of hydrogen-bond acceptors (Lipinski definition) is 5. The van der Waals surface area contributed by atoms with Crippen LogP contribution in [-0.2, 0) is 14.3 Å². The highest BCUT2D eigenvalue weighted by Crippen LogP contribution is 2.17. The van der Waals surface area contributed by atoms with Crippen LogP contribution in [0.25, 0.3) is 0 Å². The zero-order chi connectivity index (χ0) is 46.5. The van der Waals surface area contributed by atoms with Gasteiger partial charge in [-0.3, -0.25) is 9.59 Å². The van der Waals surface area contributed by atoms with Crippen LogP contribution in [0.15, 0.2) is 24.3 Å². The molecule has 2 atom stereocenters. The van der Waals surface area contributed by atoms with Crippen LogP contribution in [0.2, 0.25) is 0 Å². The van der Waals surface area contributed by atoms with Crippen molar-refractivity contribution in [3.63, 3.8) is 0 Å². The molecule has 0 heterocycles. The molecule has 0 fully saturated rings. The molecule has 2 unspecified atom stereocenters. The van der Waals surface area contributed by atoms with Gasteiger partial charge in [-0.2, -0.15) is 0 Å². The lowest BCUT2D eigenvalue weighted by atomic mass is 10.0. The van der Waals surface area contributed by atoms with Gasteiger partial charge < -0.3 is 20.3 Å². The third kappa shape index (κ3) is 49.8. The zero-order valence-corrected chi connectivity index (χ0v) is 43.0. The Kier molecular flexibility index (Phi) is 52.6. The van der Waals surface area contributed by atoms with Crippen molar-refractivity contribution in [1.29, 1.82) is 0 Å². The number of carbonyl (C=O) groups is 2. The summed E-state index contributed by atoms with van der Waals surface area (Å²) in [7, 11) is 0. The Bertz CT molecular complexity index is 997. The number of hydrogen-bond donors (Lipinski definition) is 3. The molecule has 0 bridgehead atoms. The Morgan fingerprint density at radius 3 is 1.19 bits per heavy atom. The number of aliphatic hydroxyl groups is 2. The number of amides is 1. The molecule has 0 radical (unpaired) electrons. The van der Waals surface area contributed by atoms with Gasteiger partial charge in [-0.1, -0.05) is 256 Å². The van der Waals surface area contributed by atoms with Crippen molar-refractivity contribution < 1.29 is 24.5 Å². The van der Waals surface area contributed by atoms with E-state index < -0.39 is 12.1 Å². The van der Waals surface area contributed by atoms with Crippen molar-refractivity contribution in [2.24, 2.45) is 0 Å². The fraction of sp³-hybridized carbons (Fsp3) is 0.897. The summed E-state index contributed by atoms with van der Waals surface area (Å²) in [5.41, 5.74) is 0. The van der Waals surface area contributed by atoms with Crippen LogP contribution in [0.1, 0.15) is 309 Å². The summed E-state index contributed by atoms with van der Waals surface area (Å²) in [6.07, 6.45) is 64.5. The van der Waals surface area contributed by atoms with Crippen LogP contribution < -0.4 is 5.32 Å². The highest BCUT2D eigenvalue weighted by atomic mass is 16.5. The fourth-order valence-electron chi connectivity index (χ4n) is 8.85. The summed E-state index contributed by atoms with van der Waals surface area (Å²) < 4.78 is 5.46. The molecule has 1 amide bonds. The Morgan fingerprint density at radius 1 is 0.438 bits per heavy atom. The minimum Gasteiger partial charge on any atom is -0.466 e. The molecule has 0 aromatic carbocycles. The summed E-state index contributed by atoms with van der Waals surface area (Å²) in [5, 5.41) is 23.2. The summed E-state index contributed by atoms with van der Waals surface area (Å²) in [4.78, 5) is 24.5. The van der Waals surface area contributed by atoms with E-state index in [1.807, 2.05) is 0 Å². The molecular weight excluding hydrogens is 791 g/mol. The van der Waals surface area contributed by atoms with Gasteiger partial charge in [-0.25, -0.2) is 0 Å². The number of aliphatic hydroxyl groups excluding tert-OH is 2. The van der Waals surface area contributed by atoms with E-state index in [0.717, 1.165) is 83.5 Å². The second kappa shape index (κ2) is 54.0. The Labute approximate surface area is 399 Å². The van der Waals surface area contributed by atoms with Gasteiger partial charge in [0.15, 0.2) is 0 Å². The summed E-state index contributed by atoms with van der Waals surface area (Å²) >= 11 is 0. The minimum atomic E-state index is -0.674. The molecule has 6 nitrogen and oxygen atoms in total. The molecule has 0 rings (SSSR count). The molecule has 0 saturated heterocycles. The third-order valence-corrected chi connectivity index (χ3v) is 13.3. The molecular formula is C58H111NO5. The van der Waals surface area contributed by atoms with E-state index in [0.29, 0.717) is 25.9 Å². The largest absolute Gasteiger partial charge is 0.466 e. The van der Waals surface area contributed by atoms with E-state index >= 15 is 0 Å². The van der Waals surface area contributed by atoms with Crippen LogP contribution in [0.3, 0.4) is 0 Å². The standard InChI is InChI=1S/C58H111NO5/c1-3-5-7-9-11-13-15-17-18-20-24-28-32-36-40-44-48-52-58(63)64-53-49-45-41-37-33-29-25-22-19-21-23-27-31-35-39-43-47-51-57(62)59-55(54-60)56(61)50-46-42-38-34-30-26-16-14-12-10-8-6-4-2/h19,22,29,33,55-56,60-61H,3-18,20-21,23-28,30-32,34-54H2,1-2H3,(H,59,62)/b22-19-,33-29-. The fourth-order valence-corrected chi connectivity index (χ4v) is 8.85. The molecule has 0 aromatic rings. The number of allylic oxidation sites excluding steroid dienone is 4. The number of carbonyl (C=O) groups excluding carboxylic acids is 2. The average Bonchev–Trinajstić information content (AvgIpc) is 3.29. The smallest absolute Gasteiger partial charge is 0.305 e. The van der Waals surface area contributed by atoms with Gasteiger partial charge in [0.05, 0.1) is 25.4 Å². The van der Waals surface area contributed by atoms with E-state index in [4.69, 9.17) is 4.74 Å². The highest BCUT2D eigenvalue weighted by molar-refractivity contribution is 5.76. The first-order valence-electron chi connectivity index (χ1n) is 28.6. The lowest BCUT2D eigenvalue weighted by molar-refractivity contribution is -0.143. The van der Waals surface area contributed by atoms with Crippen molar-refractivity contribution in [2.45, 2.75) is 321 Å². The number of rotatable bonds is 53. The van der Waals surface area contributed by atoms with Gasteiger partial charge >= 0.3 is 5.97 Å². The van der Waals surface area contributed by atoms with Crippen molar-refractivity contribution >= 4 is 11.9 Å². The van der Waals surface area contributed by atoms with Gasteiger partial charge in [-0.15, -0.1) is 0 Å². The Hall–Kier alpha value is -1.66. The lowest BCUT2D eigenvalue weighted by Gasteiger charge is -2.22. The third-order valence-electron chi connectivity index (χ3n) is 13.3. The monoisotopic (exact) mass is 902 g/mol. The average molecular weight is 903 g/mol. The summed E-state index contributed by atoms with van der Waals surface area (Å²) in [6, 6.07) is -0.552. The van der Waals surface area contributed by atoms with Crippen molar-refractivity contribution in [3.05, 3.63) is 24.3 Å². The summed E-state index contributed by atoms with van der Waals surface area (Å²) in [6.45, 7) is 4.92.